The second kappa shape index (κ2) is 8.58. The quantitative estimate of drug-likeness (QED) is 0.625. The fourth-order valence-electron chi connectivity index (χ4n) is 4.72. The lowest BCUT2D eigenvalue weighted by Gasteiger charge is -2.45. The molecule has 1 aromatic heterocycles. The second-order valence-electron chi connectivity index (χ2n) is 7.96. The van der Waals surface area contributed by atoms with Crippen LogP contribution in [0.3, 0.4) is 0 Å². The van der Waals surface area contributed by atoms with Crippen molar-refractivity contribution in [1.82, 2.24) is 10.3 Å². The maximum Gasteiger partial charge on any atom is 0.231 e. The number of rotatable bonds is 4. The smallest absolute Gasteiger partial charge is 0.231 e. The third-order valence-electron chi connectivity index (χ3n) is 6.09. The maximum atomic E-state index is 14.3. The highest BCUT2D eigenvalue weighted by Crippen LogP contribution is 2.45. The molecule has 2 fully saturated rings. The molecule has 2 aromatic rings. The Kier molecular flexibility index (Phi) is 5.71. The molecule has 6 heteroatoms. The zero-order valence-corrected chi connectivity index (χ0v) is 16.4. The Hall–Kier alpha value is -3.33. The van der Waals surface area contributed by atoms with Crippen LogP contribution >= 0.6 is 0 Å². The molecule has 1 amide bonds. The van der Waals surface area contributed by atoms with E-state index in [1.807, 2.05) is 36.4 Å². The number of ketones is 1. The molecule has 1 aliphatic heterocycles. The van der Waals surface area contributed by atoms with Crippen molar-refractivity contribution in [2.75, 3.05) is 0 Å². The van der Waals surface area contributed by atoms with Crippen molar-refractivity contribution in [3.8, 4) is 6.07 Å². The first kappa shape index (κ1) is 20.0. The molecule has 5 unspecified atom stereocenters. The number of benzene rings is 1. The van der Waals surface area contributed by atoms with Crippen molar-refractivity contribution in [2.45, 2.75) is 37.4 Å². The minimum Gasteiger partial charge on any atom is -0.352 e. The van der Waals surface area contributed by atoms with Crippen LogP contribution in [0.5, 0.6) is 0 Å². The number of allylic oxidation sites excluding steroid dienone is 1. The number of carbonyl (C=O) groups excluding carboxylic acids is 2. The van der Waals surface area contributed by atoms with Crippen LogP contribution in [0.4, 0.5) is 4.39 Å². The van der Waals surface area contributed by atoms with Crippen molar-refractivity contribution < 1.29 is 14.0 Å². The summed E-state index contributed by atoms with van der Waals surface area (Å²) in [5.41, 5.74) is 1.88. The van der Waals surface area contributed by atoms with Crippen molar-refractivity contribution in [3.63, 3.8) is 0 Å². The third-order valence-corrected chi connectivity index (χ3v) is 6.09. The standard InChI is InChI=1S/C24H22FN3O2/c25-18-7-8-20-19(11-18)22(17-4-2-1-3-5-17)23(24(30)28-20)21(29)9-6-15-10-16(12-26)14-27-13-15/h1-6,9-10,13-14,18-20,22-23H,7-8,11H2,(H,28,30)/b9-6+. The van der Waals surface area contributed by atoms with E-state index in [1.165, 1.54) is 12.3 Å². The molecule has 2 heterocycles. The Morgan fingerprint density at radius 2 is 2.03 bits per heavy atom. The number of hydrogen-bond acceptors (Lipinski definition) is 4. The van der Waals surface area contributed by atoms with E-state index in [9.17, 15) is 14.0 Å². The molecule has 152 valence electrons. The SMILES string of the molecule is N#Cc1cncc(/C=C/C(=O)C2C(=O)NC3CCC(F)CC3C2c2ccccc2)c1. The Morgan fingerprint density at radius 1 is 1.23 bits per heavy atom. The van der Waals surface area contributed by atoms with Crippen LogP contribution in [-0.2, 0) is 9.59 Å². The number of nitrogens with zero attached hydrogens (tertiary/aromatic N) is 2. The van der Waals surface area contributed by atoms with Crippen LogP contribution in [0.25, 0.3) is 6.08 Å². The van der Waals surface area contributed by atoms with Gasteiger partial charge in [0.05, 0.1) is 5.56 Å². The first-order chi connectivity index (χ1) is 14.6. The van der Waals surface area contributed by atoms with Crippen molar-refractivity contribution in [3.05, 3.63) is 71.6 Å². The first-order valence-electron chi connectivity index (χ1n) is 10.1. The van der Waals surface area contributed by atoms with Crippen LogP contribution < -0.4 is 5.32 Å². The van der Waals surface area contributed by atoms with E-state index in [1.54, 1.807) is 18.3 Å². The van der Waals surface area contributed by atoms with Crippen LogP contribution in [0, 0.1) is 23.2 Å². The Labute approximate surface area is 174 Å². The van der Waals surface area contributed by atoms with Gasteiger partial charge in [-0.1, -0.05) is 30.3 Å². The summed E-state index contributed by atoms with van der Waals surface area (Å²) in [4.78, 5) is 30.1. The summed E-state index contributed by atoms with van der Waals surface area (Å²) in [7, 11) is 0. The molecule has 0 radical (unpaired) electrons. The molecule has 1 aliphatic carbocycles. The van der Waals surface area contributed by atoms with Gasteiger partial charge in [0.15, 0.2) is 5.78 Å². The van der Waals surface area contributed by atoms with Gasteiger partial charge in [-0.15, -0.1) is 0 Å². The third kappa shape index (κ3) is 4.02. The van der Waals surface area contributed by atoms with E-state index in [0.717, 1.165) is 5.56 Å². The lowest BCUT2D eigenvalue weighted by atomic mass is 9.64. The fourth-order valence-corrected chi connectivity index (χ4v) is 4.72. The van der Waals surface area contributed by atoms with E-state index < -0.39 is 12.1 Å². The van der Waals surface area contributed by atoms with Gasteiger partial charge in [-0.05, 0) is 54.5 Å². The summed E-state index contributed by atoms with van der Waals surface area (Å²) in [5.74, 6) is -2.05. The zero-order valence-electron chi connectivity index (χ0n) is 16.4. The van der Waals surface area contributed by atoms with Crippen molar-refractivity contribution in [2.24, 2.45) is 11.8 Å². The van der Waals surface area contributed by atoms with Crippen LogP contribution in [-0.4, -0.2) is 28.9 Å². The summed E-state index contributed by atoms with van der Waals surface area (Å²) >= 11 is 0. The zero-order chi connectivity index (χ0) is 21.1. The largest absolute Gasteiger partial charge is 0.352 e. The van der Waals surface area contributed by atoms with Gasteiger partial charge in [0.1, 0.15) is 18.2 Å². The molecule has 1 N–H and O–H groups in total. The number of piperidine rings is 1. The normalized spacial score (nSPS) is 28.4. The number of alkyl halides is 1. The molecule has 1 saturated carbocycles. The molecular weight excluding hydrogens is 381 g/mol. The number of pyridine rings is 1. The van der Waals surface area contributed by atoms with Gasteiger partial charge in [-0.25, -0.2) is 4.39 Å². The molecule has 5 nitrogen and oxygen atoms in total. The Bertz CT molecular complexity index is 1010. The maximum absolute atomic E-state index is 14.3. The number of nitriles is 1. The lowest BCUT2D eigenvalue weighted by molar-refractivity contribution is -0.138. The Morgan fingerprint density at radius 3 is 2.80 bits per heavy atom. The number of nitrogens with one attached hydrogen (secondary N) is 1. The highest BCUT2D eigenvalue weighted by atomic mass is 19.1. The van der Waals surface area contributed by atoms with Crippen LogP contribution in [0.2, 0.25) is 0 Å². The number of hydrogen-bond donors (Lipinski definition) is 1. The average molecular weight is 403 g/mol. The summed E-state index contributed by atoms with van der Waals surface area (Å²) in [6.45, 7) is 0. The molecule has 1 saturated heterocycles. The number of aromatic nitrogens is 1. The van der Waals surface area contributed by atoms with Gasteiger partial charge in [0.25, 0.3) is 0 Å². The number of amides is 1. The number of halogens is 1. The van der Waals surface area contributed by atoms with Crippen molar-refractivity contribution >= 4 is 17.8 Å². The predicted octanol–water partition coefficient (Wildman–Crippen LogP) is 3.57. The highest BCUT2D eigenvalue weighted by Gasteiger charge is 2.49. The summed E-state index contributed by atoms with van der Waals surface area (Å²) in [6, 6.07) is 13.0. The molecule has 2 aliphatic rings. The fraction of sp³-hybridized carbons (Fsp3) is 0.333. The van der Waals surface area contributed by atoms with E-state index in [2.05, 4.69) is 10.3 Å². The average Bonchev–Trinajstić information content (AvgIpc) is 2.77. The number of carbonyl (C=O) groups is 2. The molecule has 30 heavy (non-hydrogen) atoms. The van der Waals surface area contributed by atoms with Gasteiger partial charge in [-0.3, -0.25) is 14.6 Å². The lowest BCUT2D eigenvalue weighted by Crippen LogP contribution is -2.57. The summed E-state index contributed by atoms with van der Waals surface area (Å²) in [6.07, 6.45) is 6.37. The summed E-state index contributed by atoms with van der Waals surface area (Å²) in [5, 5.41) is 12.0. The van der Waals surface area contributed by atoms with E-state index in [-0.39, 0.29) is 29.6 Å². The number of fused-ring (bicyclic) bond motifs is 1. The topological polar surface area (TPSA) is 82.8 Å². The van der Waals surface area contributed by atoms with Crippen LogP contribution in [0.15, 0.2) is 54.9 Å². The van der Waals surface area contributed by atoms with E-state index >= 15 is 0 Å². The molecule has 0 bridgehead atoms. The van der Waals surface area contributed by atoms with E-state index in [0.29, 0.717) is 30.4 Å². The molecule has 4 rings (SSSR count). The second-order valence-corrected chi connectivity index (χ2v) is 7.96. The molecular formula is C24H22FN3O2. The van der Waals surface area contributed by atoms with Gasteiger partial charge < -0.3 is 5.32 Å². The molecule has 0 spiro atoms. The molecule has 1 aromatic carbocycles. The highest BCUT2D eigenvalue weighted by molar-refractivity contribution is 6.09. The monoisotopic (exact) mass is 403 g/mol. The van der Waals surface area contributed by atoms with Gasteiger partial charge >= 0.3 is 0 Å². The first-order valence-corrected chi connectivity index (χ1v) is 10.1. The van der Waals surface area contributed by atoms with Gasteiger partial charge in [-0.2, -0.15) is 5.26 Å². The van der Waals surface area contributed by atoms with E-state index in [4.69, 9.17) is 5.26 Å². The Balaban J connectivity index is 1.66. The van der Waals surface area contributed by atoms with Crippen LogP contribution in [0.1, 0.15) is 41.9 Å². The van der Waals surface area contributed by atoms with Crippen molar-refractivity contribution in [1.29, 1.82) is 5.26 Å². The minimum absolute atomic E-state index is 0.112. The molecule has 5 atom stereocenters. The summed E-state index contributed by atoms with van der Waals surface area (Å²) < 4.78 is 14.3. The van der Waals surface area contributed by atoms with Gasteiger partial charge in [0.2, 0.25) is 5.91 Å². The van der Waals surface area contributed by atoms with Gasteiger partial charge in [0, 0.05) is 24.4 Å². The predicted molar refractivity (Wildman–Crippen MR) is 110 cm³/mol. The minimum atomic E-state index is -0.918.